The molecule has 0 radical (unpaired) electrons. The van der Waals surface area contributed by atoms with Gasteiger partial charge in [-0.05, 0) is 31.7 Å². The molecule has 0 aromatic rings. The van der Waals surface area contributed by atoms with Crippen LogP contribution in [0.1, 0.15) is 19.3 Å². The molecule has 2 aliphatic heterocycles. The Kier molecular flexibility index (Phi) is 1.86. The van der Waals surface area contributed by atoms with Crippen LogP contribution in [0.5, 0.6) is 0 Å². The fourth-order valence-electron chi connectivity index (χ4n) is 3.00. The molecule has 1 saturated carbocycles. The molecule has 4 atom stereocenters. The van der Waals surface area contributed by atoms with Gasteiger partial charge in [0.05, 0.1) is 6.61 Å². The van der Waals surface area contributed by atoms with Gasteiger partial charge in [-0.25, -0.2) is 0 Å². The van der Waals surface area contributed by atoms with Crippen LogP contribution in [0.4, 0.5) is 0 Å². The van der Waals surface area contributed by atoms with Crippen LogP contribution in [-0.2, 0) is 4.74 Å². The highest BCUT2D eigenvalue weighted by molar-refractivity contribution is 5.05. The van der Waals surface area contributed by atoms with Crippen molar-refractivity contribution < 1.29 is 4.74 Å². The Labute approximate surface area is 79.2 Å². The van der Waals surface area contributed by atoms with Crippen molar-refractivity contribution in [2.45, 2.75) is 37.4 Å². The van der Waals surface area contributed by atoms with Crippen molar-refractivity contribution in [3.05, 3.63) is 0 Å². The van der Waals surface area contributed by atoms with Gasteiger partial charge in [-0.15, -0.1) is 0 Å². The first kappa shape index (κ1) is 8.21. The Balaban J connectivity index is 1.68. The molecule has 0 aromatic heterocycles. The zero-order valence-electron chi connectivity index (χ0n) is 7.98. The molecule has 0 aromatic carbocycles. The third-order valence-electron chi connectivity index (χ3n) is 3.86. The van der Waals surface area contributed by atoms with E-state index < -0.39 is 0 Å². The highest BCUT2D eigenvalue weighted by atomic mass is 16.5. The molecule has 13 heavy (non-hydrogen) atoms. The number of piperidine rings is 1. The molecule has 1 aliphatic carbocycles. The number of nitrogens with two attached hydrogens (primary N) is 1. The molecule has 3 nitrogen and oxygen atoms in total. The SMILES string of the molecule is N[C@@H]1COCC[C@H]1N1CCC2CC21. The van der Waals surface area contributed by atoms with Crippen LogP contribution in [0.2, 0.25) is 0 Å². The molecule has 74 valence electrons. The first-order chi connectivity index (χ1) is 6.36. The summed E-state index contributed by atoms with van der Waals surface area (Å²) in [7, 11) is 0. The van der Waals surface area contributed by atoms with Gasteiger partial charge in [-0.3, -0.25) is 4.90 Å². The molecule has 3 rings (SSSR count). The topological polar surface area (TPSA) is 38.5 Å². The second kappa shape index (κ2) is 2.94. The van der Waals surface area contributed by atoms with Crippen molar-refractivity contribution in [3.63, 3.8) is 0 Å². The first-order valence-electron chi connectivity index (χ1n) is 5.45. The van der Waals surface area contributed by atoms with E-state index in [2.05, 4.69) is 4.90 Å². The second-order valence-corrected chi connectivity index (χ2v) is 4.68. The summed E-state index contributed by atoms with van der Waals surface area (Å²) in [4.78, 5) is 2.65. The van der Waals surface area contributed by atoms with Gasteiger partial charge in [-0.1, -0.05) is 0 Å². The smallest absolute Gasteiger partial charge is 0.0632 e. The molecule has 0 spiro atoms. The summed E-state index contributed by atoms with van der Waals surface area (Å²) < 4.78 is 5.37. The lowest BCUT2D eigenvalue weighted by molar-refractivity contribution is 0.0201. The maximum atomic E-state index is 6.07. The van der Waals surface area contributed by atoms with Gasteiger partial charge in [0.1, 0.15) is 0 Å². The Hall–Kier alpha value is -0.120. The average Bonchev–Trinajstić information content (AvgIpc) is 2.81. The molecule has 0 bridgehead atoms. The number of nitrogens with zero attached hydrogens (tertiary/aromatic N) is 1. The number of ether oxygens (including phenoxy) is 1. The minimum absolute atomic E-state index is 0.257. The van der Waals surface area contributed by atoms with E-state index in [0.717, 1.165) is 31.6 Å². The quantitative estimate of drug-likeness (QED) is 0.629. The monoisotopic (exact) mass is 182 g/mol. The zero-order valence-corrected chi connectivity index (χ0v) is 7.98. The fraction of sp³-hybridized carbons (Fsp3) is 1.00. The third-order valence-corrected chi connectivity index (χ3v) is 3.86. The second-order valence-electron chi connectivity index (χ2n) is 4.68. The van der Waals surface area contributed by atoms with Gasteiger partial charge in [0.2, 0.25) is 0 Å². The summed E-state index contributed by atoms with van der Waals surface area (Å²) in [5.74, 6) is 1.02. The maximum Gasteiger partial charge on any atom is 0.0632 e. The molecule has 2 unspecified atom stereocenters. The third kappa shape index (κ3) is 1.30. The molecule has 3 heteroatoms. The Morgan fingerprint density at radius 1 is 1.23 bits per heavy atom. The van der Waals surface area contributed by atoms with Crippen molar-refractivity contribution in [2.24, 2.45) is 11.7 Å². The minimum Gasteiger partial charge on any atom is -0.380 e. The molecule has 2 saturated heterocycles. The lowest BCUT2D eigenvalue weighted by Gasteiger charge is -2.36. The number of hydrogen-bond acceptors (Lipinski definition) is 3. The lowest BCUT2D eigenvalue weighted by atomic mass is 10.0. The van der Waals surface area contributed by atoms with Crippen LogP contribution in [0.15, 0.2) is 0 Å². The van der Waals surface area contributed by atoms with E-state index in [1.807, 2.05) is 0 Å². The van der Waals surface area contributed by atoms with E-state index in [1.54, 1.807) is 0 Å². The largest absolute Gasteiger partial charge is 0.380 e. The van der Waals surface area contributed by atoms with Gasteiger partial charge in [0, 0.05) is 24.7 Å². The van der Waals surface area contributed by atoms with Crippen molar-refractivity contribution in [2.75, 3.05) is 19.8 Å². The van der Waals surface area contributed by atoms with Crippen LogP contribution < -0.4 is 5.73 Å². The summed E-state index contributed by atoms with van der Waals surface area (Å²) in [6, 6.07) is 1.77. The number of likely N-dealkylation sites (tertiary alicyclic amines) is 1. The van der Waals surface area contributed by atoms with E-state index in [-0.39, 0.29) is 6.04 Å². The predicted octanol–water partition coefficient (Wildman–Crippen LogP) is 0.197. The molecule has 3 aliphatic rings. The van der Waals surface area contributed by atoms with Crippen LogP contribution >= 0.6 is 0 Å². The van der Waals surface area contributed by atoms with Gasteiger partial charge in [0.15, 0.2) is 0 Å². The van der Waals surface area contributed by atoms with E-state index >= 15 is 0 Å². The van der Waals surface area contributed by atoms with E-state index in [9.17, 15) is 0 Å². The molecular weight excluding hydrogens is 164 g/mol. The van der Waals surface area contributed by atoms with Crippen molar-refractivity contribution in [1.29, 1.82) is 0 Å². The van der Waals surface area contributed by atoms with Crippen molar-refractivity contribution >= 4 is 0 Å². The Morgan fingerprint density at radius 3 is 2.77 bits per heavy atom. The van der Waals surface area contributed by atoms with E-state index in [0.29, 0.717) is 6.04 Å². The fourth-order valence-corrected chi connectivity index (χ4v) is 3.00. The molecule has 0 amide bonds. The molecule has 2 heterocycles. The highest BCUT2D eigenvalue weighted by Gasteiger charge is 2.50. The number of rotatable bonds is 1. The summed E-state index contributed by atoms with van der Waals surface area (Å²) in [5, 5.41) is 0. The van der Waals surface area contributed by atoms with Crippen LogP contribution in [0.25, 0.3) is 0 Å². The Bertz CT molecular complexity index is 209. The Morgan fingerprint density at radius 2 is 2.15 bits per heavy atom. The average molecular weight is 182 g/mol. The summed E-state index contributed by atoms with van der Waals surface area (Å²) >= 11 is 0. The molecular formula is C10H18N2O. The van der Waals surface area contributed by atoms with E-state index in [4.69, 9.17) is 10.5 Å². The van der Waals surface area contributed by atoms with Gasteiger partial charge in [-0.2, -0.15) is 0 Å². The summed E-state index contributed by atoms with van der Waals surface area (Å²) in [6.45, 7) is 2.96. The molecule has 2 N–H and O–H groups in total. The van der Waals surface area contributed by atoms with Crippen LogP contribution in [0.3, 0.4) is 0 Å². The van der Waals surface area contributed by atoms with E-state index in [1.165, 1.54) is 19.4 Å². The van der Waals surface area contributed by atoms with Crippen LogP contribution in [-0.4, -0.2) is 42.8 Å². The summed E-state index contributed by atoms with van der Waals surface area (Å²) in [6.07, 6.45) is 3.99. The normalized spacial score (nSPS) is 50.5. The van der Waals surface area contributed by atoms with Gasteiger partial charge in [0.25, 0.3) is 0 Å². The highest BCUT2D eigenvalue weighted by Crippen LogP contribution is 2.46. The standard InChI is InChI=1S/C10H18N2O/c11-8-6-13-4-2-9(8)12-3-1-7-5-10(7)12/h7-10H,1-6,11H2/t7?,8-,9-,10?/m1/s1. The first-order valence-corrected chi connectivity index (χ1v) is 5.45. The van der Waals surface area contributed by atoms with Gasteiger partial charge < -0.3 is 10.5 Å². The van der Waals surface area contributed by atoms with Gasteiger partial charge >= 0.3 is 0 Å². The lowest BCUT2D eigenvalue weighted by Crippen LogP contribution is -2.53. The van der Waals surface area contributed by atoms with Crippen LogP contribution in [0, 0.1) is 5.92 Å². The van der Waals surface area contributed by atoms with Crippen molar-refractivity contribution in [1.82, 2.24) is 4.90 Å². The number of fused-ring (bicyclic) bond motifs is 1. The predicted molar refractivity (Wildman–Crippen MR) is 50.4 cm³/mol. The maximum absolute atomic E-state index is 6.07. The summed E-state index contributed by atoms with van der Waals surface area (Å²) in [5.41, 5.74) is 6.07. The zero-order chi connectivity index (χ0) is 8.84. The number of hydrogen-bond donors (Lipinski definition) is 1. The van der Waals surface area contributed by atoms with Crippen molar-refractivity contribution in [3.8, 4) is 0 Å². The molecule has 3 fully saturated rings. The minimum atomic E-state index is 0.257.